The van der Waals surface area contributed by atoms with E-state index >= 15 is 0 Å². The molecule has 0 saturated carbocycles. The molecule has 1 heterocycles. The Kier molecular flexibility index (Phi) is 4.60. The lowest BCUT2D eigenvalue weighted by Gasteiger charge is -2.09. The fraction of sp³-hybridized carbons (Fsp3) is 0.214. The van der Waals surface area contributed by atoms with Crippen molar-refractivity contribution in [1.29, 1.82) is 0 Å². The first-order chi connectivity index (χ1) is 9.36. The molecule has 0 amide bonds. The van der Waals surface area contributed by atoms with Gasteiger partial charge in [-0.1, -0.05) is 35.9 Å². The summed E-state index contributed by atoms with van der Waals surface area (Å²) in [4.78, 5) is 3.92. The van der Waals surface area contributed by atoms with Crippen LogP contribution in [0.15, 0.2) is 41.4 Å². The molecule has 2 aromatic rings. The van der Waals surface area contributed by atoms with Crippen LogP contribution in [0.4, 0.5) is 13.2 Å². The summed E-state index contributed by atoms with van der Waals surface area (Å²) in [6, 6.07) is 9.58. The Morgan fingerprint density at radius 2 is 1.90 bits per heavy atom. The van der Waals surface area contributed by atoms with Crippen molar-refractivity contribution >= 4 is 23.4 Å². The summed E-state index contributed by atoms with van der Waals surface area (Å²) in [6.07, 6.45) is -4.41. The number of aryl methyl sites for hydroxylation is 1. The Bertz CT molecular complexity index is 614. The zero-order chi connectivity index (χ0) is 14.8. The van der Waals surface area contributed by atoms with Crippen LogP contribution < -0.4 is 0 Å². The number of rotatable bonds is 3. The van der Waals surface area contributed by atoms with E-state index < -0.39 is 11.7 Å². The quantitative estimate of drug-likeness (QED) is 0.558. The SMILES string of the molecule is Cc1ccccc1CSc1cc(C(F)(F)F)cc(Cl)n1. The molecule has 1 nitrogen and oxygen atoms in total. The highest BCUT2D eigenvalue weighted by Crippen LogP contribution is 2.33. The fourth-order valence-corrected chi connectivity index (χ4v) is 2.89. The van der Waals surface area contributed by atoms with Crippen LogP contribution in [0.5, 0.6) is 0 Å². The molecule has 0 aliphatic heterocycles. The number of benzene rings is 1. The van der Waals surface area contributed by atoms with Gasteiger partial charge < -0.3 is 0 Å². The summed E-state index contributed by atoms with van der Waals surface area (Å²) in [5.74, 6) is 0.553. The van der Waals surface area contributed by atoms with E-state index in [0.717, 1.165) is 23.3 Å². The van der Waals surface area contributed by atoms with Gasteiger partial charge in [-0.15, -0.1) is 11.8 Å². The highest BCUT2D eigenvalue weighted by atomic mass is 35.5. The van der Waals surface area contributed by atoms with Crippen molar-refractivity contribution in [2.45, 2.75) is 23.9 Å². The van der Waals surface area contributed by atoms with Gasteiger partial charge in [0.05, 0.1) is 10.6 Å². The minimum atomic E-state index is -4.41. The Labute approximate surface area is 124 Å². The topological polar surface area (TPSA) is 12.9 Å². The third kappa shape index (κ3) is 3.90. The zero-order valence-electron chi connectivity index (χ0n) is 10.5. The number of aromatic nitrogens is 1. The first-order valence-corrected chi connectivity index (χ1v) is 7.15. The van der Waals surface area contributed by atoms with Gasteiger partial charge in [0.15, 0.2) is 0 Å². The van der Waals surface area contributed by atoms with Crippen LogP contribution in [-0.4, -0.2) is 4.98 Å². The molecule has 1 aromatic carbocycles. The van der Waals surface area contributed by atoms with Gasteiger partial charge in [-0.25, -0.2) is 4.98 Å². The third-order valence-electron chi connectivity index (χ3n) is 2.73. The second-order valence-electron chi connectivity index (χ2n) is 4.23. The summed E-state index contributed by atoms with van der Waals surface area (Å²) in [7, 11) is 0. The molecule has 0 aliphatic carbocycles. The summed E-state index contributed by atoms with van der Waals surface area (Å²) >= 11 is 6.88. The highest BCUT2D eigenvalue weighted by Gasteiger charge is 2.31. The first-order valence-electron chi connectivity index (χ1n) is 5.78. The minimum Gasteiger partial charge on any atom is -0.230 e. The minimum absolute atomic E-state index is 0.146. The molecular formula is C14H11ClF3NS. The first kappa shape index (κ1) is 15.2. The normalized spacial score (nSPS) is 11.7. The molecule has 0 fully saturated rings. The number of alkyl halides is 3. The lowest BCUT2D eigenvalue weighted by atomic mass is 10.1. The van der Waals surface area contributed by atoms with Gasteiger partial charge in [0, 0.05) is 5.75 Å². The monoisotopic (exact) mass is 317 g/mol. The zero-order valence-corrected chi connectivity index (χ0v) is 12.1. The van der Waals surface area contributed by atoms with Crippen molar-refractivity contribution in [3.8, 4) is 0 Å². The molecule has 0 radical (unpaired) electrons. The predicted molar refractivity (Wildman–Crippen MR) is 75.0 cm³/mol. The van der Waals surface area contributed by atoms with Gasteiger partial charge in [-0.05, 0) is 30.2 Å². The largest absolute Gasteiger partial charge is 0.416 e. The van der Waals surface area contributed by atoms with Gasteiger partial charge in [0.2, 0.25) is 0 Å². The van der Waals surface area contributed by atoms with E-state index in [2.05, 4.69) is 4.98 Å². The molecule has 0 aliphatic rings. The van der Waals surface area contributed by atoms with Crippen molar-refractivity contribution in [3.05, 3.63) is 58.2 Å². The molecular weight excluding hydrogens is 307 g/mol. The Hall–Kier alpha value is -1.20. The maximum absolute atomic E-state index is 12.7. The van der Waals surface area contributed by atoms with Crippen molar-refractivity contribution in [2.75, 3.05) is 0 Å². The van der Waals surface area contributed by atoms with Gasteiger partial charge in [0.1, 0.15) is 5.15 Å². The molecule has 20 heavy (non-hydrogen) atoms. The van der Waals surface area contributed by atoms with Crippen LogP contribution in [0.2, 0.25) is 5.15 Å². The second kappa shape index (κ2) is 6.06. The molecule has 2 rings (SSSR count). The summed E-state index contributed by atoms with van der Waals surface area (Å²) in [6.45, 7) is 1.96. The molecule has 0 bridgehead atoms. The van der Waals surface area contributed by atoms with Gasteiger partial charge in [-0.3, -0.25) is 0 Å². The number of hydrogen-bond donors (Lipinski definition) is 0. The number of nitrogens with zero attached hydrogens (tertiary/aromatic N) is 1. The number of thioether (sulfide) groups is 1. The van der Waals surface area contributed by atoms with Crippen molar-refractivity contribution < 1.29 is 13.2 Å². The molecule has 0 spiro atoms. The smallest absolute Gasteiger partial charge is 0.230 e. The van der Waals surface area contributed by atoms with Crippen LogP contribution in [0.1, 0.15) is 16.7 Å². The average molecular weight is 318 g/mol. The third-order valence-corrected chi connectivity index (χ3v) is 3.89. The molecule has 0 saturated heterocycles. The standard InChI is InChI=1S/C14H11ClF3NS/c1-9-4-2-3-5-10(9)8-20-13-7-11(14(16,17)18)6-12(15)19-13/h2-7H,8H2,1H3. The number of halogens is 4. The Balaban J connectivity index is 2.18. The molecule has 0 N–H and O–H groups in total. The van der Waals surface area contributed by atoms with E-state index in [0.29, 0.717) is 5.75 Å². The Morgan fingerprint density at radius 3 is 2.55 bits per heavy atom. The van der Waals surface area contributed by atoms with Crippen LogP contribution in [0.3, 0.4) is 0 Å². The number of pyridine rings is 1. The number of hydrogen-bond acceptors (Lipinski definition) is 2. The maximum atomic E-state index is 12.7. The highest BCUT2D eigenvalue weighted by molar-refractivity contribution is 7.98. The maximum Gasteiger partial charge on any atom is 0.416 e. The lowest BCUT2D eigenvalue weighted by molar-refractivity contribution is -0.137. The summed E-state index contributed by atoms with van der Waals surface area (Å²) in [5.41, 5.74) is 1.38. The van der Waals surface area contributed by atoms with Crippen molar-refractivity contribution in [2.24, 2.45) is 0 Å². The van der Waals surface area contributed by atoms with Gasteiger partial charge in [-0.2, -0.15) is 13.2 Å². The van der Waals surface area contributed by atoms with Gasteiger partial charge >= 0.3 is 6.18 Å². The van der Waals surface area contributed by atoms with Crippen LogP contribution >= 0.6 is 23.4 Å². The molecule has 6 heteroatoms. The second-order valence-corrected chi connectivity index (χ2v) is 5.61. The van der Waals surface area contributed by atoms with E-state index in [4.69, 9.17) is 11.6 Å². The molecule has 0 unspecified atom stereocenters. The molecule has 0 atom stereocenters. The Morgan fingerprint density at radius 1 is 1.20 bits per heavy atom. The fourth-order valence-electron chi connectivity index (χ4n) is 1.63. The van der Waals surface area contributed by atoms with E-state index in [1.165, 1.54) is 11.8 Å². The van der Waals surface area contributed by atoms with E-state index in [-0.39, 0.29) is 10.2 Å². The predicted octanol–water partition coefficient (Wildman–Crippen LogP) is 5.35. The molecule has 1 aromatic heterocycles. The average Bonchev–Trinajstić information content (AvgIpc) is 2.36. The lowest BCUT2D eigenvalue weighted by Crippen LogP contribution is -2.05. The van der Waals surface area contributed by atoms with E-state index in [1.807, 2.05) is 31.2 Å². The summed E-state index contributed by atoms with van der Waals surface area (Å²) in [5, 5.41) is 0.125. The van der Waals surface area contributed by atoms with Crippen molar-refractivity contribution in [3.63, 3.8) is 0 Å². The molecule has 106 valence electrons. The van der Waals surface area contributed by atoms with Gasteiger partial charge in [0.25, 0.3) is 0 Å². The van der Waals surface area contributed by atoms with Crippen molar-refractivity contribution in [1.82, 2.24) is 4.98 Å². The summed E-state index contributed by atoms with van der Waals surface area (Å²) < 4.78 is 38.0. The van der Waals surface area contributed by atoms with Crippen LogP contribution in [0.25, 0.3) is 0 Å². The van der Waals surface area contributed by atoms with E-state index in [9.17, 15) is 13.2 Å². The van der Waals surface area contributed by atoms with Crippen LogP contribution in [-0.2, 0) is 11.9 Å². The van der Waals surface area contributed by atoms with E-state index in [1.54, 1.807) is 0 Å². The van der Waals surface area contributed by atoms with Crippen LogP contribution in [0, 0.1) is 6.92 Å².